The topological polar surface area (TPSA) is 81.4 Å². The average molecular weight is 284 g/mol. The molecule has 106 valence electrons. The fraction of sp³-hybridized carbons (Fsp3) is 0.538. The third kappa shape index (κ3) is 2.91. The van der Waals surface area contributed by atoms with Gasteiger partial charge in [0.2, 0.25) is 10.0 Å². The Balaban J connectivity index is 2.14. The molecular formula is C13H20N2O3S. The minimum absolute atomic E-state index is 0.128. The highest BCUT2D eigenvalue weighted by atomic mass is 32.2. The molecule has 1 fully saturated rings. The highest BCUT2D eigenvalue weighted by molar-refractivity contribution is 7.89. The van der Waals surface area contributed by atoms with Gasteiger partial charge in [0.05, 0.1) is 11.3 Å². The lowest BCUT2D eigenvalue weighted by Crippen LogP contribution is -2.49. The normalized spacial score (nSPS) is 18.0. The number of anilines is 1. The Morgan fingerprint density at radius 2 is 2.11 bits per heavy atom. The van der Waals surface area contributed by atoms with Gasteiger partial charge in [0.1, 0.15) is 4.90 Å². The molecule has 0 amide bonds. The van der Waals surface area contributed by atoms with Crippen LogP contribution in [0.1, 0.15) is 24.8 Å². The van der Waals surface area contributed by atoms with Crippen molar-refractivity contribution in [1.82, 2.24) is 4.72 Å². The van der Waals surface area contributed by atoms with Crippen LogP contribution in [0.3, 0.4) is 0 Å². The average Bonchev–Trinajstić information content (AvgIpc) is 2.27. The number of hydrogen-bond donors (Lipinski definition) is 2. The molecule has 0 heterocycles. The Kier molecular flexibility index (Phi) is 3.85. The van der Waals surface area contributed by atoms with Crippen LogP contribution < -0.4 is 10.5 Å². The van der Waals surface area contributed by atoms with E-state index >= 15 is 0 Å². The highest BCUT2D eigenvalue weighted by Crippen LogP contribution is 2.34. The molecule has 0 radical (unpaired) electrons. The molecule has 1 aliphatic rings. The molecule has 1 saturated carbocycles. The van der Waals surface area contributed by atoms with Gasteiger partial charge in [0.15, 0.2) is 0 Å². The third-order valence-electron chi connectivity index (χ3n) is 3.74. The summed E-state index contributed by atoms with van der Waals surface area (Å²) in [6, 6.07) is 4.93. The Bertz CT molecular complexity index is 560. The summed E-state index contributed by atoms with van der Waals surface area (Å²) in [5.41, 5.74) is 6.64. The Morgan fingerprint density at radius 1 is 1.42 bits per heavy atom. The molecule has 1 aliphatic carbocycles. The van der Waals surface area contributed by atoms with Crippen molar-refractivity contribution in [3.63, 3.8) is 0 Å². The molecule has 0 aromatic heterocycles. The number of methoxy groups -OCH3 is 1. The predicted molar refractivity (Wildman–Crippen MR) is 74.4 cm³/mol. The van der Waals surface area contributed by atoms with E-state index < -0.39 is 10.0 Å². The van der Waals surface area contributed by atoms with Gasteiger partial charge in [-0.25, -0.2) is 13.1 Å². The Morgan fingerprint density at radius 3 is 2.58 bits per heavy atom. The first-order chi connectivity index (χ1) is 8.88. The summed E-state index contributed by atoms with van der Waals surface area (Å²) in [4.78, 5) is 0.128. The second-order valence-corrected chi connectivity index (χ2v) is 6.84. The number of sulfonamides is 1. The molecule has 1 aromatic carbocycles. The van der Waals surface area contributed by atoms with Crippen molar-refractivity contribution in [1.29, 1.82) is 0 Å². The molecule has 3 N–H and O–H groups in total. The van der Waals surface area contributed by atoms with Crippen LogP contribution >= 0.6 is 0 Å². The summed E-state index contributed by atoms with van der Waals surface area (Å²) in [6.45, 7) is 2.16. The van der Waals surface area contributed by atoms with Gasteiger partial charge in [-0.2, -0.15) is 0 Å². The maximum Gasteiger partial charge on any atom is 0.242 e. The number of benzene rings is 1. The van der Waals surface area contributed by atoms with E-state index in [9.17, 15) is 8.42 Å². The fourth-order valence-corrected chi connectivity index (χ4v) is 3.47. The summed E-state index contributed by atoms with van der Waals surface area (Å²) >= 11 is 0. The van der Waals surface area contributed by atoms with E-state index in [0.717, 1.165) is 24.8 Å². The summed E-state index contributed by atoms with van der Waals surface area (Å²) in [5.74, 6) is 0. The minimum atomic E-state index is -3.58. The number of nitrogens with one attached hydrogen (secondary N) is 1. The van der Waals surface area contributed by atoms with Crippen molar-refractivity contribution in [2.75, 3.05) is 19.4 Å². The molecule has 0 atom stereocenters. The van der Waals surface area contributed by atoms with E-state index in [-0.39, 0.29) is 16.2 Å². The van der Waals surface area contributed by atoms with Crippen LogP contribution in [-0.2, 0) is 14.8 Å². The van der Waals surface area contributed by atoms with Gasteiger partial charge in [0, 0.05) is 13.7 Å². The summed E-state index contributed by atoms with van der Waals surface area (Å²) < 4.78 is 32.4. The minimum Gasteiger partial charge on any atom is -0.398 e. The van der Waals surface area contributed by atoms with Crippen LogP contribution in [-0.4, -0.2) is 27.7 Å². The van der Waals surface area contributed by atoms with Crippen molar-refractivity contribution in [3.8, 4) is 0 Å². The van der Waals surface area contributed by atoms with Crippen molar-refractivity contribution in [2.24, 2.45) is 0 Å². The lowest BCUT2D eigenvalue weighted by Gasteiger charge is -2.40. The largest absolute Gasteiger partial charge is 0.398 e. The molecule has 0 spiro atoms. The quantitative estimate of drug-likeness (QED) is 0.801. The number of nitrogens with two attached hydrogens (primary N) is 1. The van der Waals surface area contributed by atoms with Crippen LogP contribution in [0.25, 0.3) is 0 Å². The van der Waals surface area contributed by atoms with Gasteiger partial charge < -0.3 is 10.5 Å². The molecule has 19 heavy (non-hydrogen) atoms. The smallest absolute Gasteiger partial charge is 0.242 e. The first kappa shape index (κ1) is 14.3. The van der Waals surface area contributed by atoms with Crippen LogP contribution in [0.4, 0.5) is 5.69 Å². The van der Waals surface area contributed by atoms with Gasteiger partial charge >= 0.3 is 0 Å². The highest BCUT2D eigenvalue weighted by Gasteiger charge is 2.38. The number of aryl methyl sites for hydroxylation is 1. The molecular weight excluding hydrogens is 264 g/mol. The number of rotatable bonds is 5. The van der Waals surface area contributed by atoms with Crippen LogP contribution in [0.2, 0.25) is 0 Å². The Hall–Kier alpha value is -1.11. The molecule has 0 unspecified atom stereocenters. The van der Waals surface area contributed by atoms with Crippen molar-refractivity contribution in [3.05, 3.63) is 23.8 Å². The van der Waals surface area contributed by atoms with Gasteiger partial charge in [-0.05, 0) is 43.9 Å². The van der Waals surface area contributed by atoms with E-state index in [1.165, 1.54) is 6.07 Å². The van der Waals surface area contributed by atoms with E-state index in [2.05, 4.69) is 4.72 Å². The predicted octanol–water partition coefficient (Wildman–Crippen LogP) is 1.42. The van der Waals surface area contributed by atoms with Gasteiger partial charge in [-0.15, -0.1) is 0 Å². The molecule has 5 nitrogen and oxygen atoms in total. The van der Waals surface area contributed by atoms with E-state index in [0.29, 0.717) is 6.54 Å². The number of ether oxygens (including phenoxy) is 1. The fourth-order valence-electron chi connectivity index (χ4n) is 2.24. The maximum atomic E-state index is 12.2. The van der Waals surface area contributed by atoms with Crippen LogP contribution in [0.15, 0.2) is 23.1 Å². The number of hydrogen-bond acceptors (Lipinski definition) is 4. The maximum absolute atomic E-state index is 12.2. The summed E-state index contributed by atoms with van der Waals surface area (Å²) in [5, 5.41) is 0. The standard InChI is InChI=1S/C13H20N2O3S/c1-10-4-5-12(11(14)8-10)19(16,17)15-9-13(18-2)6-3-7-13/h4-5,8,15H,3,6-7,9,14H2,1-2H3. The number of nitrogen functional groups attached to an aromatic ring is 1. The summed E-state index contributed by atoms with van der Waals surface area (Å²) in [7, 11) is -1.96. The van der Waals surface area contributed by atoms with Gasteiger partial charge in [-0.3, -0.25) is 0 Å². The first-order valence-corrected chi connectivity index (χ1v) is 7.78. The van der Waals surface area contributed by atoms with Crippen molar-refractivity contribution >= 4 is 15.7 Å². The molecule has 0 saturated heterocycles. The SMILES string of the molecule is COC1(CNS(=O)(=O)c2ccc(C)cc2N)CCC1. The second-order valence-electron chi connectivity index (χ2n) is 5.11. The Labute approximate surface area is 114 Å². The first-order valence-electron chi connectivity index (χ1n) is 6.29. The van der Waals surface area contributed by atoms with E-state index in [1.807, 2.05) is 6.92 Å². The second kappa shape index (κ2) is 5.11. The van der Waals surface area contributed by atoms with E-state index in [1.54, 1.807) is 19.2 Å². The molecule has 6 heteroatoms. The monoisotopic (exact) mass is 284 g/mol. The zero-order valence-electron chi connectivity index (χ0n) is 11.3. The third-order valence-corrected chi connectivity index (χ3v) is 5.21. The van der Waals surface area contributed by atoms with Crippen LogP contribution in [0, 0.1) is 6.92 Å². The van der Waals surface area contributed by atoms with Crippen LogP contribution in [0.5, 0.6) is 0 Å². The zero-order valence-corrected chi connectivity index (χ0v) is 12.1. The lowest BCUT2D eigenvalue weighted by atomic mass is 9.80. The van der Waals surface area contributed by atoms with Crippen molar-refractivity contribution < 1.29 is 13.2 Å². The molecule has 1 aromatic rings. The molecule has 2 rings (SSSR count). The zero-order chi connectivity index (χ0) is 14.1. The summed E-state index contributed by atoms with van der Waals surface area (Å²) in [6.07, 6.45) is 2.84. The van der Waals surface area contributed by atoms with Gasteiger partial charge in [0.25, 0.3) is 0 Å². The lowest BCUT2D eigenvalue weighted by molar-refractivity contribution is -0.0659. The van der Waals surface area contributed by atoms with Gasteiger partial charge in [-0.1, -0.05) is 6.07 Å². The molecule has 0 aliphatic heterocycles. The molecule has 0 bridgehead atoms. The van der Waals surface area contributed by atoms with E-state index in [4.69, 9.17) is 10.5 Å². The van der Waals surface area contributed by atoms with Crippen molar-refractivity contribution in [2.45, 2.75) is 36.7 Å².